The van der Waals surface area contributed by atoms with E-state index in [1.54, 1.807) is 18.3 Å². The van der Waals surface area contributed by atoms with Crippen LogP contribution in [0.5, 0.6) is 0 Å². The average molecular weight is 259 g/mol. The Bertz CT molecular complexity index is 474. The summed E-state index contributed by atoms with van der Waals surface area (Å²) in [5.41, 5.74) is 5.02. The van der Waals surface area contributed by atoms with Crippen molar-refractivity contribution in [1.82, 2.24) is 15.4 Å². The monoisotopic (exact) mass is 259 g/mol. The standard InChI is InChI=1S/C15H21N3O/c1-15(2,3)12-7-10-18(11-8-12)17-14(19)13-6-4-5-9-16-13/h4-7,9H,8,10-11H2,1-3H3,(H,17,19). The maximum atomic E-state index is 12.0. The summed E-state index contributed by atoms with van der Waals surface area (Å²) in [6.07, 6.45) is 4.83. The molecule has 0 saturated heterocycles. The van der Waals surface area contributed by atoms with E-state index in [1.807, 2.05) is 11.1 Å². The molecule has 2 heterocycles. The first-order chi connectivity index (χ1) is 8.97. The second kappa shape index (κ2) is 5.53. The van der Waals surface area contributed by atoms with Gasteiger partial charge in [-0.15, -0.1) is 0 Å². The molecule has 0 aliphatic carbocycles. The van der Waals surface area contributed by atoms with Crippen LogP contribution in [0.25, 0.3) is 0 Å². The topological polar surface area (TPSA) is 45.2 Å². The van der Waals surface area contributed by atoms with Crippen LogP contribution in [-0.2, 0) is 0 Å². The van der Waals surface area contributed by atoms with Gasteiger partial charge in [-0.05, 0) is 24.0 Å². The number of hydrogen-bond donors (Lipinski definition) is 1. The van der Waals surface area contributed by atoms with Crippen molar-refractivity contribution >= 4 is 5.91 Å². The summed E-state index contributed by atoms with van der Waals surface area (Å²) in [7, 11) is 0. The fourth-order valence-electron chi connectivity index (χ4n) is 2.15. The minimum Gasteiger partial charge on any atom is -0.283 e. The summed E-state index contributed by atoms with van der Waals surface area (Å²) < 4.78 is 0. The van der Waals surface area contributed by atoms with E-state index in [4.69, 9.17) is 0 Å². The Morgan fingerprint density at radius 1 is 1.37 bits per heavy atom. The molecule has 0 saturated carbocycles. The minimum atomic E-state index is -0.145. The van der Waals surface area contributed by atoms with Gasteiger partial charge in [0.2, 0.25) is 0 Å². The Hall–Kier alpha value is -1.68. The lowest BCUT2D eigenvalue weighted by Gasteiger charge is -2.32. The number of hydrazine groups is 1. The molecule has 1 aliphatic rings. The van der Waals surface area contributed by atoms with E-state index in [2.05, 4.69) is 37.3 Å². The van der Waals surface area contributed by atoms with Crippen molar-refractivity contribution in [3.05, 3.63) is 41.7 Å². The van der Waals surface area contributed by atoms with Crippen LogP contribution in [0.4, 0.5) is 0 Å². The van der Waals surface area contributed by atoms with Crippen LogP contribution >= 0.6 is 0 Å². The van der Waals surface area contributed by atoms with Crippen molar-refractivity contribution in [2.75, 3.05) is 13.1 Å². The third-order valence-corrected chi connectivity index (χ3v) is 3.33. The van der Waals surface area contributed by atoms with E-state index in [1.165, 1.54) is 5.57 Å². The lowest BCUT2D eigenvalue weighted by molar-refractivity contribution is 0.0793. The Labute approximate surface area is 114 Å². The molecule has 0 atom stereocenters. The lowest BCUT2D eigenvalue weighted by atomic mass is 9.83. The first-order valence-corrected chi connectivity index (χ1v) is 6.63. The van der Waals surface area contributed by atoms with Crippen LogP contribution < -0.4 is 5.43 Å². The normalized spacial score (nSPS) is 16.9. The number of aromatic nitrogens is 1. The zero-order valence-corrected chi connectivity index (χ0v) is 11.8. The molecule has 0 spiro atoms. The number of hydrogen-bond acceptors (Lipinski definition) is 3. The molecule has 4 nitrogen and oxygen atoms in total. The zero-order valence-electron chi connectivity index (χ0n) is 11.8. The SMILES string of the molecule is CC(C)(C)C1=CCN(NC(=O)c2ccccn2)CC1. The van der Waals surface area contributed by atoms with Crippen molar-refractivity contribution in [3.63, 3.8) is 0 Å². The van der Waals surface area contributed by atoms with E-state index in [-0.39, 0.29) is 11.3 Å². The predicted molar refractivity (Wildman–Crippen MR) is 75.4 cm³/mol. The highest BCUT2D eigenvalue weighted by Gasteiger charge is 2.22. The number of nitrogens with zero attached hydrogens (tertiary/aromatic N) is 2. The number of amides is 1. The molecule has 19 heavy (non-hydrogen) atoms. The van der Waals surface area contributed by atoms with Crippen LogP contribution in [0.1, 0.15) is 37.7 Å². The summed E-state index contributed by atoms with van der Waals surface area (Å²) >= 11 is 0. The highest BCUT2D eigenvalue weighted by molar-refractivity contribution is 5.91. The van der Waals surface area contributed by atoms with Gasteiger partial charge in [0.15, 0.2) is 0 Å². The fraction of sp³-hybridized carbons (Fsp3) is 0.467. The molecule has 0 unspecified atom stereocenters. The first kappa shape index (κ1) is 13.7. The van der Waals surface area contributed by atoms with E-state index < -0.39 is 0 Å². The van der Waals surface area contributed by atoms with E-state index in [9.17, 15) is 4.79 Å². The summed E-state index contributed by atoms with van der Waals surface area (Å²) in [5.74, 6) is -0.145. The molecule has 1 aliphatic heterocycles. The number of pyridine rings is 1. The third kappa shape index (κ3) is 3.64. The minimum absolute atomic E-state index is 0.145. The van der Waals surface area contributed by atoms with E-state index in [0.29, 0.717) is 5.69 Å². The largest absolute Gasteiger partial charge is 0.284 e. The van der Waals surface area contributed by atoms with Gasteiger partial charge >= 0.3 is 0 Å². The maximum Gasteiger partial charge on any atom is 0.284 e. The average Bonchev–Trinajstić information content (AvgIpc) is 2.39. The Morgan fingerprint density at radius 2 is 2.16 bits per heavy atom. The first-order valence-electron chi connectivity index (χ1n) is 6.63. The van der Waals surface area contributed by atoms with Crippen LogP contribution in [0.3, 0.4) is 0 Å². The van der Waals surface area contributed by atoms with Crippen molar-refractivity contribution in [1.29, 1.82) is 0 Å². The summed E-state index contributed by atoms with van der Waals surface area (Å²) in [6, 6.07) is 5.33. The molecule has 102 valence electrons. The predicted octanol–water partition coefficient (Wildman–Crippen LogP) is 2.40. The molecule has 2 rings (SSSR count). The lowest BCUT2D eigenvalue weighted by Crippen LogP contribution is -2.45. The highest BCUT2D eigenvalue weighted by Crippen LogP contribution is 2.29. The fourth-order valence-corrected chi connectivity index (χ4v) is 2.15. The number of rotatable bonds is 2. The van der Waals surface area contributed by atoms with Gasteiger partial charge in [0.25, 0.3) is 5.91 Å². The van der Waals surface area contributed by atoms with Gasteiger partial charge in [0.05, 0.1) is 0 Å². The van der Waals surface area contributed by atoms with Gasteiger partial charge in [-0.3, -0.25) is 15.2 Å². The van der Waals surface area contributed by atoms with Crippen LogP contribution in [0.15, 0.2) is 36.0 Å². The maximum absolute atomic E-state index is 12.0. The Morgan fingerprint density at radius 3 is 2.68 bits per heavy atom. The third-order valence-electron chi connectivity index (χ3n) is 3.33. The number of carbonyl (C=O) groups is 1. The molecule has 1 N–H and O–H groups in total. The highest BCUT2D eigenvalue weighted by atomic mass is 16.2. The quantitative estimate of drug-likeness (QED) is 0.830. The Kier molecular flexibility index (Phi) is 4.00. The molecule has 0 bridgehead atoms. The molecular formula is C15H21N3O. The number of carbonyl (C=O) groups excluding carboxylic acids is 1. The molecular weight excluding hydrogens is 238 g/mol. The van der Waals surface area contributed by atoms with Gasteiger partial charge in [0.1, 0.15) is 5.69 Å². The van der Waals surface area contributed by atoms with Crippen LogP contribution in [0.2, 0.25) is 0 Å². The summed E-state index contributed by atoms with van der Waals surface area (Å²) in [5, 5.41) is 1.94. The molecule has 0 aromatic carbocycles. The zero-order chi connectivity index (χ0) is 13.9. The summed E-state index contributed by atoms with van der Waals surface area (Å²) in [6.45, 7) is 8.27. The molecule has 0 fully saturated rings. The van der Waals surface area contributed by atoms with Crippen molar-refractivity contribution in [2.24, 2.45) is 5.41 Å². The second-order valence-corrected chi connectivity index (χ2v) is 5.83. The molecule has 4 heteroatoms. The summed E-state index contributed by atoms with van der Waals surface area (Å²) in [4.78, 5) is 16.0. The molecule has 1 aromatic rings. The van der Waals surface area contributed by atoms with Crippen molar-refractivity contribution in [2.45, 2.75) is 27.2 Å². The van der Waals surface area contributed by atoms with E-state index in [0.717, 1.165) is 19.5 Å². The van der Waals surface area contributed by atoms with E-state index >= 15 is 0 Å². The molecule has 1 amide bonds. The molecule has 1 aromatic heterocycles. The van der Waals surface area contributed by atoms with Crippen LogP contribution in [0, 0.1) is 5.41 Å². The smallest absolute Gasteiger partial charge is 0.283 e. The van der Waals surface area contributed by atoms with Gasteiger partial charge in [-0.1, -0.05) is 38.5 Å². The molecule has 0 radical (unpaired) electrons. The van der Waals surface area contributed by atoms with Gasteiger partial charge in [-0.2, -0.15) is 0 Å². The van der Waals surface area contributed by atoms with Gasteiger partial charge in [0, 0.05) is 19.3 Å². The Balaban J connectivity index is 1.93. The van der Waals surface area contributed by atoms with Crippen molar-refractivity contribution in [3.8, 4) is 0 Å². The van der Waals surface area contributed by atoms with Gasteiger partial charge in [-0.25, -0.2) is 5.01 Å². The van der Waals surface area contributed by atoms with Crippen molar-refractivity contribution < 1.29 is 4.79 Å². The number of nitrogens with one attached hydrogen (secondary N) is 1. The van der Waals surface area contributed by atoms with Gasteiger partial charge < -0.3 is 0 Å². The second-order valence-electron chi connectivity index (χ2n) is 5.83. The van der Waals surface area contributed by atoms with Crippen LogP contribution in [-0.4, -0.2) is 29.0 Å².